The first-order valence-electron chi connectivity index (χ1n) is 11.2. The number of benzene rings is 2. The highest BCUT2D eigenvalue weighted by molar-refractivity contribution is 8.01. The third-order valence-electron chi connectivity index (χ3n) is 6.18. The smallest absolute Gasteiger partial charge is 0.243 e. The fraction of sp³-hybridized carbons (Fsp3) is 0.417. The van der Waals surface area contributed by atoms with Gasteiger partial charge in [-0.15, -0.1) is 11.8 Å². The van der Waals surface area contributed by atoms with Gasteiger partial charge in [0.2, 0.25) is 21.8 Å². The lowest BCUT2D eigenvalue weighted by molar-refractivity contribution is -0.126. The van der Waals surface area contributed by atoms with Crippen molar-refractivity contribution < 1.29 is 18.0 Å². The van der Waals surface area contributed by atoms with E-state index in [1.165, 1.54) is 33.3 Å². The largest absolute Gasteiger partial charge is 0.356 e. The van der Waals surface area contributed by atoms with Gasteiger partial charge in [-0.1, -0.05) is 29.8 Å². The van der Waals surface area contributed by atoms with E-state index in [4.69, 9.17) is 0 Å². The monoisotopic (exact) mass is 487 g/mol. The molecule has 1 fully saturated rings. The molecule has 1 atom stereocenters. The van der Waals surface area contributed by atoms with E-state index in [1.807, 2.05) is 13.8 Å². The van der Waals surface area contributed by atoms with Crippen LogP contribution in [0.25, 0.3) is 0 Å². The Bertz CT molecular complexity index is 1140. The van der Waals surface area contributed by atoms with Crippen LogP contribution in [0.15, 0.2) is 52.3 Å². The Kier molecular flexibility index (Phi) is 7.11. The molecule has 0 saturated carbocycles. The SMILES string of the molecule is Cc1ccc(CCNC(=O)C2CCN(S(=O)(=O)c3ccc4c(c3)NC(=O)C(C)S4)CC2)cc1. The summed E-state index contributed by atoms with van der Waals surface area (Å²) < 4.78 is 27.7. The molecule has 4 rings (SSSR count). The maximum absolute atomic E-state index is 13.2. The Hall–Kier alpha value is -2.36. The first-order valence-corrected chi connectivity index (χ1v) is 13.5. The van der Waals surface area contributed by atoms with E-state index >= 15 is 0 Å². The van der Waals surface area contributed by atoms with Crippen LogP contribution in [-0.4, -0.2) is 49.4 Å². The normalized spacial score (nSPS) is 19.6. The molecule has 9 heteroatoms. The van der Waals surface area contributed by atoms with Crippen LogP contribution in [0.5, 0.6) is 0 Å². The zero-order valence-electron chi connectivity index (χ0n) is 18.8. The maximum atomic E-state index is 13.2. The molecule has 33 heavy (non-hydrogen) atoms. The van der Waals surface area contributed by atoms with Crippen molar-refractivity contribution in [2.45, 2.75) is 48.2 Å². The molecule has 7 nitrogen and oxygen atoms in total. The van der Waals surface area contributed by atoms with Gasteiger partial charge < -0.3 is 10.6 Å². The number of amides is 2. The van der Waals surface area contributed by atoms with Gasteiger partial charge in [-0.2, -0.15) is 4.31 Å². The zero-order chi connectivity index (χ0) is 23.6. The van der Waals surface area contributed by atoms with E-state index in [-0.39, 0.29) is 27.9 Å². The zero-order valence-corrected chi connectivity index (χ0v) is 20.5. The van der Waals surface area contributed by atoms with E-state index in [0.717, 1.165) is 11.3 Å². The van der Waals surface area contributed by atoms with E-state index < -0.39 is 10.0 Å². The molecular weight excluding hydrogens is 458 g/mol. The van der Waals surface area contributed by atoms with Gasteiger partial charge >= 0.3 is 0 Å². The number of rotatable bonds is 6. The summed E-state index contributed by atoms with van der Waals surface area (Å²) in [5.74, 6) is -0.326. The molecule has 2 aromatic rings. The minimum absolute atomic E-state index is 0.0122. The molecule has 2 N–H and O–H groups in total. The van der Waals surface area contributed by atoms with Crippen LogP contribution in [0, 0.1) is 12.8 Å². The molecule has 0 aromatic heterocycles. The number of hydrogen-bond acceptors (Lipinski definition) is 5. The van der Waals surface area contributed by atoms with Gasteiger partial charge in [0.15, 0.2) is 0 Å². The first kappa shape index (κ1) is 23.8. The third-order valence-corrected chi connectivity index (χ3v) is 9.25. The second kappa shape index (κ2) is 9.87. The molecule has 176 valence electrons. The van der Waals surface area contributed by atoms with E-state index in [2.05, 4.69) is 34.9 Å². The van der Waals surface area contributed by atoms with Crippen molar-refractivity contribution in [3.63, 3.8) is 0 Å². The van der Waals surface area contributed by atoms with Crippen molar-refractivity contribution in [3.8, 4) is 0 Å². The molecule has 2 aliphatic heterocycles. The van der Waals surface area contributed by atoms with Gasteiger partial charge in [0.05, 0.1) is 15.8 Å². The number of hydrogen-bond donors (Lipinski definition) is 2. The quantitative estimate of drug-likeness (QED) is 0.653. The second-order valence-corrected chi connectivity index (χ2v) is 11.9. The Morgan fingerprint density at radius 3 is 2.55 bits per heavy atom. The van der Waals surface area contributed by atoms with Crippen LogP contribution in [-0.2, 0) is 26.0 Å². The lowest BCUT2D eigenvalue weighted by Crippen LogP contribution is -2.43. The highest BCUT2D eigenvalue weighted by Gasteiger charge is 2.33. The summed E-state index contributed by atoms with van der Waals surface area (Å²) in [6, 6.07) is 13.1. The summed E-state index contributed by atoms with van der Waals surface area (Å²) in [6.45, 7) is 5.02. The van der Waals surface area contributed by atoms with Crippen molar-refractivity contribution >= 4 is 39.3 Å². The average molecular weight is 488 g/mol. The molecule has 0 radical (unpaired) electrons. The highest BCUT2D eigenvalue weighted by Crippen LogP contribution is 2.37. The number of carbonyl (C=O) groups is 2. The fourth-order valence-corrected chi connectivity index (χ4v) is 6.51. The molecule has 2 aromatic carbocycles. The lowest BCUT2D eigenvalue weighted by atomic mass is 9.97. The van der Waals surface area contributed by atoms with Gasteiger partial charge in [-0.3, -0.25) is 9.59 Å². The predicted octanol–water partition coefficient (Wildman–Crippen LogP) is 3.19. The van der Waals surface area contributed by atoms with Crippen molar-refractivity contribution in [1.29, 1.82) is 0 Å². The number of anilines is 1. The Labute approximate surface area is 199 Å². The minimum Gasteiger partial charge on any atom is -0.356 e. The summed E-state index contributed by atoms with van der Waals surface area (Å²) in [5.41, 5.74) is 2.92. The topological polar surface area (TPSA) is 95.6 Å². The predicted molar refractivity (Wildman–Crippen MR) is 130 cm³/mol. The van der Waals surface area contributed by atoms with Gasteiger partial charge in [0.1, 0.15) is 0 Å². The number of aryl methyl sites for hydroxylation is 1. The van der Waals surface area contributed by atoms with Crippen LogP contribution in [0.3, 0.4) is 0 Å². The molecule has 2 amide bonds. The standard InChI is InChI=1S/C24H29N3O4S2/c1-16-3-5-18(6-4-16)9-12-25-24(29)19-10-13-27(14-11-19)33(30,31)20-7-8-22-21(15-20)26-23(28)17(2)32-22/h3-8,15,17,19H,9-14H2,1-2H3,(H,25,29)(H,26,28). The number of nitrogens with one attached hydrogen (secondary N) is 2. The van der Waals surface area contributed by atoms with Gasteiger partial charge in [0, 0.05) is 30.4 Å². The van der Waals surface area contributed by atoms with Crippen LogP contribution in [0.4, 0.5) is 5.69 Å². The number of fused-ring (bicyclic) bond motifs is 1. The first-order chi connectivity index (χ1) is 15.7. The number of sulfonamides is 1. The van der Waals surface area contributed by atoms with Gasteiger partial charge in [-0.25, -0.2) is 8.42 Å². The summed E-state index contributed by atoms with van der Waals surface area (Å²) in [7, 11) is -3.69. The molecule has 0 spiro atoms. The van der Waals surface area contributed by atoms with Gasteiger partial charge in [-0.05, 0) is 56.9 Å². The minimum atomic E-state index is -3.69. The number of nitrogens with zero attached hydrogens (tertiary/aromatic N) is 1. The Morgan fingerprint density at radius 1 is 1.15 bits per heavy atom. The van der Waals surface area contributed by atoms with Gasteiger partial charge in [0.25, 0.3) is 0 Å². The molecule has 2 aliphatic rings. The summed E-state index contributed by atoms with van der Waals surface area (Å²) in [5, 5.41) is 5.57. The summed E-state index contributed by atoms with van der Waals surface area (Å²) in [6.07, 6.45) is 1.75. The molecule has 1 saturated heterocycles. The van der Waals surface area contributed by atoms with Crippen molar-refractivity contribution in [2.24, 2.45) is 5.92 Å². The van der Waals surface area contributed by atoms with Crippen LogP contribution < -0.4 is 10.6 Å². The molecule has 0 aliphatic carbocycles. The third kappa shape index (κ3) is 5.42. The van der Waals surface area contributed by atoms with Crippen molar-refractivity contribution in [1.82, 2.24) is 9.62 Å². The van der Waals surface area contributed by atoms with Crippen molar-refractivity contribution in [3.05, 3.63) is 53.6 Å². The van der Waals surface area contributed by atoms with Crippen LogP contribution >= 0.6 is 11.8 Å². The Morgan fingerprint density at radius 2 is 1.85 bits per heavy atom. The van der Waals surface area contributed by atoms with Crippen LogP contribution in [0.2, 0.25) is 0 Å². The number of piperidine rings is 1. The highest BCUT2D eigenvalue weighted by atomic mass is 32.2. The average Bonchev–Trinajstić information content (AvgIpc) is 2.81. The lowest BCUT2D eigenvalue weighted by Gasteiger charge is -2.31. The molecule has 0 bridgehead atoms. The van der Waals surface area contributed by atoms with Crippen LogP contribution in [0.1, 0.15) is 30.9 Å². The molecular formula is C24H29N3O4S2. The molecule has 2 heterocycles. The summed E-state index contributed by atoms with van der Waals surface area (Å²) in [4.78, 5) is 25.6. The second-order valence-electron chi connectivity index (χ2n) is 8.61. The number of carbonyl (C=O) groups excluding carboxylic acids is 2. The Balaban J connectivity index is 1.31. The van der Waals surface area contributed by atoms with E-state index in [1.54, 1.807) is 12.1 Å². The number of thioether (sulfide) groups is 1. The fourth-order valence-electron chi connectivity index (χ4n) is 4.08. The van der Waals surface area contributed by atoms with E-state index in [9.17, 15) is 18.0 Å². The maximum Gasteiger partial charge on any atom is 0.243 e. The van der Waals surface area contributed by atoms with E-state index in [0.29, 0.717) is 38.2 Å². The molecule has 1 unspecified atom stereocenters. The van der Waals surface area contributed by atoms with Crippen molar-refractivity contribution in [2.75, 3.05) is 25.0 Å². The summed E-state index contributed by atoms with van der Waals surface area (Å²) >= 11 is 1.42.